The summed E-state index contributed by atoms with van der Waals surface area (Å²) in [6.07, 6.45) is 1.83. The second-order valence-electron chi connectivity index (χ2n) is 5.95. The lowest BCUT2D eigenvalue weighted by Crippen LogP contribution is -2.08. The lowest BCUT2D eigenvalue weighted by Gasteiger charge is -2.01. The maximum Gasteiger partial charge on any atom is 0.361 e. The molecule has 0 spiro atoms. The highest BCUT2D eigenvalue weighted by atomic mass is 16.5. The number of nitrogens with zero attached hydrogens (tertiary/aromatic N) is 3. The van der Waals surface area contributed by atoms with Crippen molar-refractivity contribution < 1.29 is 13.9 Å². The van der Waals surface area contributed by atoms with E-state index in [4.69, 9.17) is 9.15 Å². The standard InChI is InChI=1S/C21H17N3O3/c1-15-19(22-20(27-15)16-8-4-2-5-9-16)21(25)26-14-17-12-13-24(23-17)18-10-6-3-7-11-18/h2-13H,14H2,1H3. The van der Waals surface area contributed by atoms with Crippen LogP contribution in [-0.2, 0) is 11.3 Å². The number of carbonyl (C=O) groups excluding carboxylic acids is 1. The molecule has 0 amide bonds. The van der Waals surface area contributed by atoms with Crippen molar-refractivity contribution >= 4 is 5.97 Å². The molecule has 0 aliphatic rings. The maximum atomic E-state index is 12.4. The number of rotatable bonds is 5. The lowest BCUT2D eigenvalue weighted by molar-refractivity contribution is 0.0459. The van der Waals surface area contributed by atoms with Crippen LogP contribution in [0, 0.1) is 6.92 Å². The topological polar surface area (TPSA) is 70.2 Å². The van der Waals surface area contributed by atoms with E-state index in [0.29, 0.717) is 17.3 Å². The molecule has 0 fully saturated rings. The van der Waals surface area contributed by atoms with Crippen molar-refractivity contribution in [3.05, 3.63) is 90.1 Å². The molecule has 0 aliphatic heterocycles. The molecule has 0 saturated carbocycles. The van der Waals surface area contributed by atoms with E-state index in [1.54, 1.807) is 11.6 Å². The first-order chi connectivity index (χ1) is 13.2. The minimum Gasteiger partial charge on any atom is -0.454 e. The number of carbonyl (C=O) groups is 1. The van der Waals surface area contributed by atoms with E-state index in [0.717, 1.165) is 11.3 Å². The van der Waals surface area contributed by atoms with E-state index in [1.165, 1.54) is 0 Å². The first-order valence-corrected chi connectivity index (χ1v) is 8.50. The van der Waals surface area contributed by atoms with Crippen LogP contribution < -0.4 is 0 Å². The molecule has 6 nitrogen and oxygen atoms in total. The minimum absolute atomic E-state index is 0.0611. The molecule has 6 heteroatoms. The third-order valence-corrected chi connectivity index (χ3v) is 4.03. The molecule has 134 valence electrons. The molecule has 0 radical (unpaired) electrons. The molecule has 0 atom stereocenters. The van der Waals surface area contributed by atoms with E-state index in [-0.39, 0.29) is 12.3 Å². The zero-order chi connectivity index (χ0) is 18.6. The van der Waals surface area contributed by atoms with Gasteiger partial charge in [-0.1, -0.05) is 36.4 Å². The quantitative estimate of drug-likeness (QED) is 0.500. The SMILES string of the molecule is Cc1oc(-c2ccccc2)nc1C(=O)OCc1ccn(-c2ccccc2)n1. The number of aryl methyl sites for hydroxylation is 1. The van der Waals surface area contributed by atoms with Crippen LogP contribution in [0.3, 0.4) is 0 Å². The third kappa shape index (κ3) is 3.64. The van der Waals surface area contributed by atoms with Gasteiger partial charge in [0, 0.05) is 11.8 Å². The van der Waals surface area contributed by atoms with Crippen LogP contribution in [0.5, 0.6) is 0 Å². The summed E-state index contributed by atoms with van der Waals surface area (Å²) < 4.78 is 12.7. The summed E-state index contributed by atoms with van der Waals surface area (Å²) in [5.74, 6) is 0.287. The van der Waals surface area contributed by atoms with Crippen LogP contribution in [0.2, 0.25) is 0 Å². The van der Waals surface area contributed by atoms with Gasteiger partial charge in [0.1, 0.15) is 18.1 Å². The molecular weight excluding hydrogens is 342 g/mol. The fraction of sp³-hybridized carbons (Fsp3) is 0.0952. The number of benzene rings is 2. The fourth-order valence-electron chi connectivity index (χ4n) is 2.66. The van der Waals surface area contributed by atoms with E-state index in [2.05, 4.69) is 10.1 Å². The van der Waals surface area contributed by atoms with Crippen molar-refractivity contribution in [1.82, 2.24) is 14.8 Å². The Balaban J connectivity index is 1.45. The molecule has 0 unspecified atom stereocenters. The number of hydrogen-bond donors (Lipinski definition) is 0. The second kappa shape index (κ2) is 7.29. The molecule has 0 bridgehead atoms. The van der Waals surface area contributed by atoms with Gasteiger partial charge in [-0.15, -0.1) is 0 Å². The molecular formula is C21H17N3O3. The maximum absolute atomic E-state index is 12.4. The van der Waals surface area contributed by atoms with Crippen LogP contribution in [-0.4, -0.2) is 20.7 Å². The van der Waals surface area contributed by atoms with Crippen LogP contribution in [0.25, 0.3) is 17.1 Å². The van der Waals surface area contributed by atoms with Gasteiger partial charge >= 0.3 is 5.97 Å². The van der Waals surface area contributed by atoms with E-state index in [1.807, 2.05) is 72.9 Å². The van der Waals surface area contributed by atoms with Gasteiger partial charge in [-0.25, -0.2) is 14.5 Å². The van der Waals surface area contributed by atoms with Gasteiger partial charge in [-0.2, -0.15) is 5.10 Å². The van der Waals surface area contributed by atoms with Gasteiger partial charge in [0.05, 0.1) is 5.69 Å². The Labute approximate surface area is 156 Å². The van der Waals surface area contributed by atoms with Crippen molar-refractivity contribution in [2.75, 3.05) is 0 Å². The molecule has 4 rings (SSSR count). The zero-order valence-corrected chi connectivity index (χ0v) is 14.7. The van der Waals surface area contributed by atoms with Gasteiger partial charge in [0.15, 0.2) is 5.69 Å². The fourth-order valence-corrected chi connectivity index (χ4v) is 2.66. The number of ether oxygens (including phenoxy) is 1. The Hall–Kier alpha value is -3.67. The largest absolute Gasteiger partial charge is 0.454 e. The molecule has 0 N–H and O–H groups in total. The summed E-state index contributed by atoms with van der Waals surface area (Å²) in [5.41, 5.74) is 2.57. The summed E-state index contributed by atoms with van der Waals surface area (Å²) in [6.45, 7) is 1.76. The van der Waals surface area contributed by atoms with Crippen LogP contribution >= 0.6 is 0 Å². The molecule has 0 aliphatic carbocycles. The lowest BCUT2D eigenvalue weighted by atomic mass is 10.2. The Morgan fingerprint density at radius 3 is 2.48 bits per heavy atom. The second-order valence-corrected chi connectivity index (χ2v) is 5.95. The summed E-state index contributed by atoms with van der Waals surface area (Å²) in [5, 5.41) is 4.42. The normalized spacial score (nSPS) is 10.7. The van der Waals surface area contributed by atoms with Crippen LogP contribution in [0.15, 0.2) is 77.3 Å². The monoisotopic (exact) mass is 359 g/mol. The van der Waals surface area contributed by atoms with E-state index < -0.39 is 5.97 Å². The van der Waals surface area contributed by atoms with Gasteiger partial charge in [0.25, 0.3) is 0 Å². The number of aromatic nitrogens is 3. The Morgan fingerprint density at radius 2 is 1.74 bits per heavy atom. The minimum atomic E-state index is -0.535. The Morgan fingerprint density at radius 1 is 1.04 bits per heavy atom. The smallest absolute Gasteiger partial charge is 0.361 e. The van der Waals surface area contributed by atoms with Gasteiger partial charge in [0.2, 0.25) is 5.89 Å². The van der Waals surface area contributed by atoms with Crippen molar-refractivity contribution in [3.8, 4) is 17.1 Å². The summed E-state index contributed by atoms with van der Waals surface area (Å²) in [7, 11) is 0. The van der Waals surface area contributed by atoms with Crippen molar-refractivity contribution in [3.63, 3.8) is 0 Å². The van der Waals surface area contributed by atoms with E-state index in [9.17, 15) is 4.79 Å². The number of oxazole rings is 1. The number of para-hydroxylation sites is 1. The predicted molar refractivity (Wildman–Crippen MR) is 99.4 cm³/mol. The van der Waals surface area contributed by atoms with Gasteiger partial charge in [-0.05, 0) is 37.3 Å². The molecule has 4 aromatic rings. The molecule has 0 saturated heterocycles. The highest BCUT2D eigenvalue weighted by Gasteiger charge is 2.19. The highest BCUT2D eigenvalue weighted by Crippen LogP contribution is 2.22. The zero-order valence-electron chi connectivity index (χ0n) is 14.7. The van der Waals surface area contributed by atoms with Crippen molar-refractivity contribution in [1.29, 1.82) is 0 Å². The average Bonchev–Trinajstić information content (AvgIpc) is 3.34. The Bertz CT molecular complexity index is 1050. The number of hydrogen-bond acceptors (Lipinski definition) is 5. The molecule has 2 aromatic heterocycles. The summed E-state index contributed by atoms with van der Waals surface area (Å²) >= 11 is 0. The number of esters is 1. The molecule has 2 aromatic carbocycles. The molecule has 27 heavy (non-hydrogen) atoms. The first-order valence-electron chi connectivity index (χ1n) is 8.50. The molecule has 2 heterocycles. The highest BCUT2D eigenvalue weighted by molar-refractivity contribution is 5.88. The van der Waals surface area contributed by atoms with E-state index >= 15 is 0 Å². The Kier molecular flexibility index (Phi) is 4.53. The van der Waals surface area contributed by atoms with Crippen molar-refractivity contribution in [2.45, 2.75) is 13.5 Å². The summed E-state index contributed by atoms with van der Waals surface area (Å²) in [4.78, 5) is 16.7. The van der Waals surface area contributed by atoms with Gasteiger partial charge in [-0.3, -0.25) is 0 Å². The van der Waals surface area contributed by atoms with Crippen LogP contribution in [0.1, 0.15) is 21.9 Å². The van der Waals surface area contributed by atoms with Crippen molar-refractivity contribution in [2.24, 2.45) is 0 Å². The van der Waals surface area contributed by atoms with Crippen LogP contribution in [0.4, 0.5) is 0 Å². The predicted octanol–water partition coefficient (Wildman–Crippen LogP) is 4.19. The van der Waals surface area contributed by atoms with Gasteiger partial charge < -0.3 is 9.15 Å². The first kappa shape index (κ1) is 16.8. The summed E-state index contributed by atoms with van der Waals surface area (Å²) in [6, 6.07) is 21.0. The third-order valence-electron chi connectivity index (χ3n) is 4.03. The average molecular weight is 359 g/mol.